The summed E-state index contributed by atoms with van der Waals surface area (Å²) in [5.74, 6) is -0.211. The number of methoxy groups -OCH3 is 1. The monoisotopic (exact) mass is 451 g/mol. The minimum Gasteiger partial charge on any atom is -0.493 e. The Hall–Kier alpha value is -3.84. The lowest BCUT2D eigenvalue weighted by atomic mass is 10.2. The Morgan fingerprint density at radius 2 is 1.72 bits per heavy atom. The molecule has 0 fully saturated rings. The van der Waals surface area contributed by atoms with E-state index in [2.05, 4.69) is 15.8 Å². The highest BCUT2D eigenvalue weighted by Crippen LogP contribution is 2.28. The second kappa shape index (κ2) is 11.0. The third kappa shape index (κ3) is 6.58. The summed E-state index contributed by atoms with van der Waals surface area (Å²) in [7, 11) is 1.47. The van der Waals surface area contributed by atoms with Gasteiger partial charge in [0, 0.05) is 10.7 Å². The van der Waals surface area contributed by atoms with Gasteiger partial charge >= 0.3 is 5.97 Å². The maximum absolute atomic E-state index is 12.3. The van der Waals surface area contributed by atoms with Gasteiger partial charge in [-0.15, -0.1) is 0 Å². The fraction of sp³-hybridized carbons (Fsp3) is 0.125. The molecule has 0 radical (unpaired) electrons. The topological polar surface area (TPSA) is 89.0 Å². The minimum atomic E-state index is -0.533. The van der Waals surface area contributed by atoms with E-state index in [4.69, 9.17) is 21.1 Å². The van der Waals surface area contributed by atoms with Crippen molar-refractivity contribution in [3.8, 4) is 11.5 Å². The van der Waals surface area contributed by atoms with Crippen LogP contribution in [0.15, 0.2) is 71.8 Å². The van der Waals surface area contributed by atoms with Gasteiger partial charge in [0.1, 0.15) is 0 Å². The Morgan fingerprint density at radius 1 is 1.00 bits per heavy atom. The number of benzene rings is 3. The second-order valence-corrected chi connectivity index (χ2v) is 7.26. The van der Waals surface area contributed by atoms with Gasteiger partial charge in [0.25, 0.3) is 5.91 Å². The molecule has 0 saturated carbocycles. The van der Waals surface area contributed by atoms with Gasteiger partial charge < -0.3 is 14.8 Å². The first-order chi connectivity index (χ1) is 15.4. The van der Waals surface area contributed by atoms with Crippen molar-refractivity contribution in [2.24, 2.45) is 5.10 Å². The number of amides is 1. The minimum absolute atomic E-state index is 0.0866. The second-order valence-electron chi connectivity index (χ2n) is 6.82. The van der Waals surface area contributed by atoms with Crippen molar-refractivity contribution in [1.82, 2.24) is 5.43 Å². The standard InChI is InChI=1S/C24H22ClN3O4/c1-16-3-10-20(11-4-16)26-15-23(29)28-27-14-17-5-12-21(22(13-17)31-2)32-24(30)18-6-8-19(25)9-7-18/h3-14,26H,15H2,1-2H3,(H,28,29)/b27-14+. The summed E-state index contributed by atoms with van der Waals surface area (Å²) in [5, 5.41) is 7.50. The molecule has 0 bridgehead atoms. The summed E-state index contributed by atoms with van der Waals surface area (Å²) in [5.41, 5.74) is 5.47. The molecule has 0 spiro atoms. The van der Waals surface area contributed by atoms with Gasteiger partial charge in [0.05, 0.1) is 25.4 Å². The highest BCUT2D eigenvalue weighted by Gasteiger charge is 2.13. The van der Waals surface area contributed by atoms with Crippen molar-refractivity contribution in [1.29, 1.82) is 0 Å². The highest BCUT2D eigenvalue weighted by molar-refractivity contribution is 6.30. The molecule has 2 N–H and O–H groups in total. The van der Waals surface area contributed by atoms with Crippen LogP contribution in [0.5, 0.6) is 11.5 Å². The Labute approximate surface area is 191 Å². The zero-order valence-corrected chi connectivity index (χ0v) is 18.3. The van der Waals surface area contributed by atoms with E-state index in [1.54, 1.807) is 42.5 Å². The van der Waals surface area contributed by atoms with Gasteiger partial charge in [-0.2, -0.15) is 5.10 Å². The maximum Gasteiger partial charge on any atom is 0.343 e. The van der Waals surface area contributed by atoms with E-state index in [1.165, 1.54) is 13.3 Å². The fourth-order valence-corrected chi connectivity index (χ4v) is 2.79. The molecule has 3 aromatic carbocycles. The van der Waals surface area contributed by atoms with E-state index < -0.39 is 5.97 Å². The van der Waals surface area contributed by atoms with Crippen LogP contribution in [-0.2, 0) is 4.79 Å². The maximum atomic E-state index is 12.3. The van der Waals surface area contributed by atoms with Crippen LogP contribution in [0.3, 0.4) is 0 Å². The van der Waals surface area contributed by atoms with E-state index in [0.717, 1.165) is 11.3 Å². The average molecular weight is 452 g/mol. The smallest absolute Gasteiger partial charge is 0.343 e. The summed E-state index contributed by atoms with van der Waals surface area (Å²) in [6.07, 6.45) is 1.47. The third-order valence-corrected chi connectivity index (χ3v) is 4.63. The van der Waals surface area contributed by atoms with Crippen molar-refractivity contribution in [2.45, 2.75) is 6.92 Å². The van der Waals surface area contributed by atoms with Gasteiger partial charge in [-0.1, -0.05) is 29.3 Å². The number of aryl methyl sites for hydroxylation is 1. The molecule has 0 saturated heterocycles. The van der Waals surface area contributed by atoms with Crippen LogP contribution in [0.1, 0.15) is 21.5 Å². The molecule has 0 heterocycles. The number of carbonyl (C=O) groups is 2. The van der Waals surface area contributed by atoms with Crippen LogP contribution in [0, 0.1) is 6.92 Å². The third-order valence-electron chi connectivity index (χ3n) is 4.38. The number of hydrazone groups is 1. The number of esters is 1. The number of nitrogens with one attached hydrogen (secondary N) is 2. The number of ether oxygens (including phenoxy) is 2. The molecular formula is C24H22ClN3O4. The lowest BCUT2D eigenvalue weighted by Crippen LogP contribution is -2.25. The van der Waals surface area contributed by atoms with Crippen LogP contribution in [0.2, 0.25) is 5.02 Å². The van der Waals surface area contributed by atoms with Crippen molar-refractivity contribution in [2.75, 3.05) is 19.0 Å². The van der Waals surface area contributed by atoms with Crippen LogP contribution in [-0.4, -0.2) is 31.7 Å². The largest absolute Gasteiger partial charge is 0.493 e. The van der Waals surface area contributed by atoms with Crippen LogP contribution >= 0.6 is 11.6 Å². The molecular weight excluding hydrogens is 430 g/mol. The summed E-state index contributed by atoms with van der Waals surface area (Å²) in [4.78, 5) is 24.3. The van der Waals surface area contributed by atoms with Gasteiger partial charge in [0.15, 0.2) is 11.5 Å². The number of nitrogens with zero attached hydrogens (tertiary/aromatic N) is 1. The number of hydrogen-bond donors (Lipinski definition) is 2. The number of carbonyl (C=O) groups excluding carboxylic acids is 2. The molecule has 8 heteroatoms. The summed E-state index contributed by atoms with van der Waals surface area (Å²) in [6, 6.07) is 19.0. The van der Waals surface area contributed by atoms with Crippen molar-refractivity contribution in [3.05, 3.63) is 88.4 Å². The number of halogens is 1. The van der Waals surface area contributed by atoms with E-state index in [-0.39, 0.29) is 18.2 Å². The molecule has 32 heavy (non-hydrogen) atoms. The van der Waals surface area contributed by atoms with Gasteiger partial charge in [-0.25, -0.2) is 10.2 Å². The van der Waals surface area contributed by atoms with E-state index >= 15 is 0 Å². The molecule has 0 aliphatic rings. The molecule has 0 unspecified atom stereocenters. The Balaban J connectivity index is 1.55. The average Bonchev–Trinajstić information content (AvgIpc) is 2.80. The number of rotatable bonds is 8. The molecule has 1 amide bonds. The Morgan fingerprint density at radius 3 is 2.41 bits per heavy atom. The quantitative estimate of drug-likeness (QED) is 0.229. The van der Waals surface area contributed by atoms with Crippen LogP contribution in [0.4, 0.5) is 5.69 Å². The normalized spacial score (nSPS) is 10.6. The molecule has 0 atom stereocenters. The van der Waals surface area contributed by atoms with Gasteiger partial charge in [0.2, 0.25) is 0 Å². The summed E-state index contributed by atoms with van der Waals surface area (Å²) in [6.45, 7) is 2.08. The van der Waals surface area contributed by atoms with E-state index in [0.29, 0.717) is 21.9 Å². The Bertz CT molecular complexity index is 1110. The first-order valence-corrected chi connectivity index (χ1v) is 10.1. The molecule has 3 rings (SSSR count). The van der Waals surface area contributed by atoms with E-state index in [1.807, 2.05) is 31.2 Å². The van der Waals surface area contributed by atoms with Crippen molar-refractivity contribution < 1.29 is 19.1 Å². The lowest BCUT2D eigenvalue weighted by Gasteiger charge is -2.10. The highest BCUT2D eigenvalue weighted by atomic mass is 35.5. The van der Waals surface area contributed by atoms with Crippen LogP contribution in [0.25, 0.3) is 0 Å². The van der Waals surface area contributed by atoms with Crippen molar-refractivity contribution >= 4 is 35.4 Å². The zero-order valence-electron chi connectivity index (χ0n) is 17.6. The molecule has 0 aliphatic heterocycles. The molecule has 3 aromatic rings. The molecule has 164 valence electrons. The fourth-order valence-electron chi connectivity index (χ4n) is 2.67. The molecule has 0 aliphatic carbocycles. The number of anilines is 1. The predicted octanol–water partition coefficient (Wildman–Crippen LogP) is 4.44. The Kier molecular flexibility index (Phi) is 7.83. The van der Waals surface area contributed by atoms with E-state index in [9.17, 15) is 9.59 Å². The predicted molar refractivity (Wildman–Crippen MR) is 125 cm³/mol. The van der Waals surface area contributed by atoms with Crippen LogP contribution < -0.4 is 20.2 Å². The molecule has 0 aromatic heterocycles. The first kappa shape index (κ1) is 22.8. The SMILES string of the molecule is COc1cc(/C=N/NC(=O)CNc2ccc(C)cc2)ccc1OC(=O)c1ccc(Cl)cc1. The zero-order chi connectivity index (χ0) is 22.9. The van der Waals surface area contributed by atoms with Gasteiger partial charge in [-0.3, -0.25) is 4.79 Å². The van der Waals surface area contributed by atoms with Gasteiger partial charge in [-0.05, 0) is 67.1 Å². The molecule has 7 nitrogen and oxygen atoms in total. The number of hydrogen-bond acceptors (Lipinski definition) is 6. The summed E-state index contributed by atoms with van der Waals surface area (Å²) < 4.78 is 10.7. The lowest BCUT2D eigenvalue weighted by molar-refractivity contribution is -0.119. The van der Waals surface area contributed by atoms with Crippen molar-refractivity contribution in [3.63, 3.8) is 0 Å². The first-order valence-electron chi connectivity index (χ1n) is 9.73. The summed E-state index contributed by atoms with van der Waals surface area (Å²) >= 11 is 5.84.